The standard InChI is InChI=1S/C13H17N3O3/c1-3-18-10-6-4-5-9(7-10)12-15-13(19-16-12)11(8-14)17-2/h4-7,11H,3,8,14H2,1-2H3. The fourth-order valence-corrected chi connectivity index (χ4v) is 1.67. The van der Waals surface area contributed by atoms with E-state index in [0.717, 1.165) is 11.3 Å². The zero-order valence-corrected chi connectivity index (χ0v) is 11.0. The van der Waals surface area contributed by atoms with Crippen LogP contribution < -0.4 is 10.5 Å². The van der Waals surface area contributed by atoms with Gasteiger partial charge in [0.15, 0.2) is 0 Å². The number of aromatic nitrogens is 2. The Morgan fingerprint density at radius 2 is 2.26 bits per heavy atom. The molecule has 1 aromatic heterocycles. The van der Waals surface area contributed by atoms with Crippen LogP contribution in [0.4, 0.5) is 0 Å². The second-order valence-electron chi connectivity index (χ2n) is 3.88. The van der Waals surface area contributed by atoms with Crippen molar-refractivity contribution in [3.8, 4) is 17.1 Å². The summed E-state index contributed by atoms with van der Waals surface area (Å²) in [5, 5.41) is 3.93. The van der Waals surface area contributed by atoms with Crippen molar-refractivity contribution in [2.45, 2.75) is 13.0 Å². The Bertz CT molecular complexity index is 523. The van der Waals surface area contributed by atoms with E-state index in [1.54, 1.807) is 7.11 Å². The van der Waals surface area contributed by atoms with E-state index in [2.05, 4.69) is 10.1 Å². The lowest BCUT2D eigenvalue weighted by atomic mass is 10.2. The molecule has 0 fully saturated rings. The van der Waals surface area contributed by atoms with E-state index >= 15 is 0 Å². The first-order chi connectivity index (χ1) is 9.28. The predicted molar refractivity (Wildman–Crippen MR) is 69.7 cm³/mol. The molecule has 19 heavy (non-hydrogen) atoms. The molecule has 2 aromatic rings. The number of methoxy groups -OCH3 is 1. The van der Waals surface area contributed by atoms with Gasteiger partial charge in [-0.3, -0.25) is 0 Å². The molecule has 2 N–H and O–H groups in total. The lowest BCUT2D eigenvalue weighted by molar-refractivity contribution is 0.0804. The van der Waals surface area contributed by atoms with Crippen LogP contribution in [0.5, 0.6) is 5.75 Å². The van der Waals surface area contributed by atoms with Crippen molar-refractivity contribution in [1.29, 1.82) is 0 Å². The van der Waals surface area contributed by atoms with E-state index in [1.807, 2.05) is 31.2 Å². The Labute approximate surface area is 111 Å². The summed E-state index contributed by atoms with van der Waals surface area (Å²) in [7, 11) is 1.55. The maximum atomic E-state index is 5.55. The van der Waals surface area contributed by atoms with Gasteiger partial charge in [-0.05, 0) is 19.1 Å². The van der Waals surface area contributed by atoms with Gasteiger partial charge in [-0.25, -0.2) is 0 Å². The average Bonchev–Trinajstić information content (AvgIpc) is 2.91. The van der Waals surface area contributed by atoms with Gasteiger partial charge in [0.1, 0.15) is 11.9 Å². The maximum Gasteiger partial charge on any atom is 0.257 e. The van der Waals surface area contributed by atoms with Gasteiger partial charge in [0.2, 0.25) is 5.82 Å². The highest BCUT2D eigenvalue weighted by molar-refractivity contribution is 5.56. The van der Waals surface area contributed by atoms with E-state index in [-0.39, 0.29) is 12.6 Å². The summed E-state index contributed by atoms with van der Waals surface area (Å²) < 4.78 is 15.7. The Morgan fingerprint density at radius 3 is 2.95 bits per heavy atom. The molecule has 1 aromatic carbocycles. The number of nitrogens with zero attached hydrogens (tertiary/aromatic N) is 2. The first kappa shape index (κ1) is 13.5. The summed E-state index contributed by atoms with van der Waals surface area (Å²) >= 11 is 0. The molecule has 0 bridgehead atoms. The van der Waals surface area contributed by atoms with Crippen LogP contribution in [0.25, 0.3) is 11.4 Å². The third kappa shape index (κ3) is 3.10. The van der Waals surface area contributed by atoms with Crippen molar-refractivity contribution in [1.82, 2.24) is 10.1 Å². The van der Waals surface area contributed by atoms with Crippen molar-refractivity contribution in [3.63, 3.8) is 0 Å². The van der Waals surface area contributed by atoms with Gasteiger partial charge in [-0.2, -0.15) is 4.98 Å². The van der Waals surface area contributed by atoms with Crippen LogP contribution in [0.1, 0.15) is 18.9 Å². The highest BCUT2D eigenvalue weighted by Gasteiger charge is 2.17. The van der Waals surface area contributed by atoms with Gasteiger partial charge >= 0.3 is 0 Å². The second kappa shape index (κ2) is 6.31. The normalized spacial score (nSPS) is 12.4. The fourth-order valence-electron chi connectivity index (χ4n) is 1.67. The molecule has 1 heterocycles. The number of rotatable bonds is 6. The molecule has 1 unspecified atom stereocenters. The van der Waals surface area contributed by atoms with Crippen molar-refractivity contribution < 1.29 is 14.0 Å². The van der Waals surface area contributed by atoms with Crippen LogP contribution in [0.15, 0.2) is 28.8 Å². The van der Waals surface area contributed by atoms with Crippen LogP contribution >= 0.6 is 0 Å². The average molecular weight is 263 g/mol. The number of ether oxygens (including phenoxy) is 2. The molecule has 2 rings (SSSR count). The molecule has 0 aliphatic heterocycles. The SMILES string of the molecule is CCOc1cccc(-c2noc(C(CN)OC)n2)c1. The molecule has 102 valence electrons. The smallest absolute Gasteiger partial charge is 0.257 e. The molecule has 0 saturated carbocycles. The summed E-state index contributed by atoms with van der Waals surface area (Å²) in [6.07, 6.45) is -0.378. The predicted octanol–water partition coefficient (Wildman–Crippen LogP) is 1.78. The van der Waals surface area contributed by atoms with Gasteiger partial charge in [0.05, 0.1) is 6.61 Å². The highest BCUT2D eigenvalue weighted by Crippen LogP contribution is 2.23. The third-order valence-corrected chi connectivity index (χ3v) is 2.62. The van der Waals surface area contributed by atoms with Crippen LogP contribution in [-0.2, 0) is 4.74 Å². The monoisotopic (exact) mass is 263 g/mol. The van der Waals surface area contributed by atoms with Gasteiger partial charge in [-0.15, -0.1) is 0 Å². The van der Waals surface area contributed by atoms with Gasteiger partial charge in [0, 0.05) is 19.2 Å². The van der Waals surface area contributed by atoms with Gasteiger partial charge < -0.3 is 19.7 Å². The first-order valence-corrected chi connectivity index (χ1v) is 6.08. The minimum atomic E-state index is -0.378. The molecule has 1 atom stereocenters. The molecular weight excluding hydrogens is 246 g/mol. The topological polar surface area (TPSA) is 83.4 Å². The van der Waals surface area contributed by atoms with E-state index in [9.17, 15) is 0 Å². The Kier molecular flexibility index (Phi) is 4.48. The van der Waals surface area contributed by atoms with Crippen molar-refractivity contribution in [3.05, 3.63) is 30.2 Å². The molecule has 0 amide bonds. The Balaban J connectivity index is 2.24. The zero-order valence-electron chi connectivity index (χ0n) is 11.0. The quantitative estimate of drug-likeness (QED) is 0.855. The molecule has 0 saturated heterocycles. The Hall–Kier alpha value is -1.92. The highest BCUT2D eigenvalue weighted by atomic mass is 16.5. The summed E-state index contributed by atoms with van der Waals surface area (Å²) in [4.78, 5) is 4.29. The zero-order chi connectivity index (χ0) is 13.7. The van der Waals surface area contributed by atoms with Crippen LogP contribution in [-0.4, -0.2) is 30.4 Å². The molecule has 0 aliphatic carbocycles. The van der Waals surface area contributed by atoms with Crippen molar-refractivity contribution in [2.24, 2.45) is 5.73 Å². The number of hydrogen-bond acceptors (Lipinski definition) is 6. The van der Waals surface area contributed by atoms with Crippen LogP contribution in [0.2, 0.25) is 0 Å². The lowest BCUT2D eigenvalue weighted by Crippen LogP contribution is -2.14. The number of benzene rings is 1. The first-order valence-electron chi connectivity index (χ1n) is 6.08. The summed E-state index contributed by atoms with van der Waals surface area (Å²) in [6, 6.07) is 7.52. The van der Waals surface area contributed by atoms with Gasteiger partial charge in [-0.1, -0.05) is 17.3 Å². The minimum Gasteiger partial charge on any atom is -0.494 e. The van der Waals surface area contributed by atoms with E-state index in [0.29, 0.717) is 18.3 Å². The molecule has 0 aliphatic rings. The Morgan fingerprint density at radius 1 is 1.42 bits per heavy atom. The third-order valence-electron chi connectivity index (χ3n) is 2.62. The largest absolute Gasteiger partial charge is 0.494 e. The van der Waals surface area contributed by atoms with Gasteiger partial charge in [0.25, 0.3) is 5.89 Å². The second-order valence-corrected chi connectivity index (χ2v) is 3.88. The molecular formula is C13H17N3O3. The molecule has 6 nitrogen and oxygen atoms in total. The maximum absolute atomic E-state index is 5.55. The molecule has 0 spiro atoms. The number of nitrogens with two attached hydrogens (primary N) is 1. The van der Waals surface area contributed by atoms with E-state index in [4.69, 9.17) is 19.7 Å². The fraction of sp³-hybridized carbons (Fsp3) is 0.385. The van der Waals surface area contributed by atoms with E-state index in [1.165, 1.54) is 0 Å². The van der Waals surface area contributed by atoms with Crippen LogP contribution in [0, 0.1) is 0 Å². The van der Waals surface area contributed by atoms with E-state index < -0.39 is 0 Å². The molecule has 0 radical (unpaired) electrons. The van der Waals surface area contributed by atoms with Crippen molar-refractivity contribution in [2.75, 3.05) is 20.3 Å². The van der Waals surface area contributed by atoms with Crippen molar-refractivity contribution >= 4 is 0 Å². The van der Waals surface area contributed by atoms with Crippen LogP contribution in [0.3, 0.4) is 0 Å². The summed E-state index contributed by atoms with van der Waals surface area (Å²) in [5.74, 6) is 1.64. The lowest BCUT2D eigenvalue weighted by Gasteiger charge is -2.05. The summed E-state index contributed by atoms with van der Waals surface area (Å²) in [6.45, 7) is 2.83. The minimum absolute atomic E-state index is 0.289. The number of hydrogen-bond donors (Lipinski definition) is 1. The summed E-state index contributed by atoms with van der Waals surface area (Å²) in [5.41, 5.74) is 6.38. The molecule has 6 heteroatoms.